The lowest BCUT2D eigenvalue weighted by molar-refractivity contribution is 0.0652. The van der Waals surface area contributed by atoms with E-state index in [1.54, 1.807) is 18.3 Å². The molecule has 0 radical (unpaired) electrons. The molecular weight excluding hydrogens is 308 g/mol. The molecule has 1 amide bonds. The lowest BCUT2D eigenvalue weighted by atomic mass is 9.86. The van der Waals surface area contributed by atoms with Gasteiger partial charge in [0.05, 0.1) is 5.56 Å². The van der Waals surface area contributed by atoms with Crippen LogP contribution in [0.15, 0.2) is 22.9 Å². The van der Waals surface area contributed by atoms with Gasteiger partial charge >= 0.3 is 0 Å². The van der Waals surface area contributed by atoms with Gasteiger partial charge in [0.1, 0.15) is 4.60 Å². The SMILES string of the molecule is CN(C(=O)c1ccc(Br)nc1)C1CCC(CO)CC1. The Hall–Kier alpha value is -0.940. The molecule has 2 rings (SSSR count). The third-order valence-electron chi connectivity index (χ3n) is 3.92. The predicted molar refractivity (Wildman–Crippen MR) is 76.9 cm³/mol. The van der Waals surface area contributed by atoms with Crippen LogP contribution in [0.25, 0.3) is 0 Å². The quantitative estimate of drug-likeness (QED) is 0.868. The lowest BCUT2D eigenvalue weighted by Gasteiger charge is -2.34. The molecule has 1 N–H and O–H groups in total. The number of pyridine rings is 1. The minimum Gasteiger partial charge on any atom is -0.396 e. The van der Waals surface area contributed by atoms with E-state index in [1.165, 1.54) is 0 Å². The summed E-state index contributed by atoms with van der Waals surface area (Å²) in [6.07, 6.45) is 5.53. The smallest absolute Gasteiger partial charge is 0.255 e. The fourth-order valence-corrected chi connectivity index (χ4v) is 2.82. The molecule has 0 saturated heterocycles. The Bertz CT molecular complexity index is 428. The number of carbonyl (C=O) groups excluding carboxylic acids is 1. The molecule has 1 aliphatic carbocycles. The van der Waals surface area contributed by atoms with E-state index in [2.05, 4.69) is 20.9 Å². The first-order chi connectivity index (χ1) is 9.11. The highest BCUT2D eigenvalue weighted by atomic mass is 79.9. The zero-order valence-corrected chi connectivity index (χ0v) is 12.6. The van der Waals surface area contributed by atoms with E-state index in [0.29, 0.717) is 11.5 Å². The third-order valence-corrected chi connectivity index (χ3v) is 4.39. The number of hydrogen-bond donors (Lipinski definition) is 1. The molecule has 1 heterocycles. The highest BCUT2D eigenvalue weighted by molar-refractivity contribution is 9.10. The third kappa shape index (κ3) is 3.54. The van der Waals surface area contributed by atoms with Gasteiger partial charge in [-0.25, -0.2) is 4.98 Å². The highest BCUT2D eigenvalue weighted by Gasteiger charge is 2.26. The van der Waals surface area contributed by atoms with Crippen molar-refractivity contribution in [1.82, 2.24) is 9.88 Å². The summed E-state index contributed by atoms with van der Waals surface area (Å²) in [6, 6.07) is 3.85. The summed E-state index contributed by atoms with van der Waals surface area (Å²) in [4.78, 5) is 18.2. The molecule has 0 aliphatic heterocycles. The molecule has 0 spiro atoms. The van der Waals surface area contributed by atoms with Crippen LogP contribution in [0.1, 0.15) is 36.0 Å². The van der Waals surface area contributed by atoms with E-state index < -0.39 is 0 Å². The van der Waals surface area contributed by atoms with Crippen molar-refractivity contribution in [2.24, 2.45) is 5.92 Å². The average Bonchev–Trinajstić information content (AvgIpc) is 2.46. The van der Waals surface area contributed by atoms with Crippen molar-refractivity contribution in [3.8, 4) is 0 Å². The monoisotopic (exact) mass is 326 g/mol. The molecule has 1 saturated carbocycles. The number of hydrogen-bond acceptors (Lipinski definition) is 3. The first-order valence-corrected chi connectivity index (χ1v) is 7.40. The number of rotatable bonds is 3. The van der Waals surface area contributed by atoms with Gasteiger partial charge in [0.15, 0.2) is 0 Å². The number of amides is 1. The number of halogens is 1. The Kier molecular flexibility index (Phi) is 4.93. The van der Waals surface area contributed by atoms with Crippen molar-refractivity contribution in [2.75, 3.05) is 13.7 Å². The van der Waals surface area contributed by atoms with Crippen LogP contribution in [0.3, 0.4) is 0 Å². The summed E-state index contributed by atoms with van der Waals surface area (Å²) < 4.78 is 0.732. The van der Waals surface area contributed by atoms with Crippen LogP contribution in [-0.2, 0) is 0 Å². The van der Waals surface area contributed by atoms with Gasteiger partial charge in [-0.1, -0.05) is 0 Å². The number of carbonyl (C=O) groups is 1. The van der Waals surface area contributed by atoms with Crippen molar-refractivity contribution < 1.29 is 9.90 Å². The summed E-state index contributed by atoms with van der Waals surface area (Å²) in [7, 11) is 1.86. The van der Waals surface area contributed by atoms with Crippen molar-refractivity contribution in [2.45, 2.75) is 31.7 Å². The zero-order chi connectivity index (χ0) is 13.8. The normalized spacial score (nSPS) is 23.1. The Balaban J connectivity index is 1.98. The largest absolute Gasteiger partial charge is 0.396 e. The first-order valence-electron chi connectivity index (χ1n) is 6.61. The van der Waals surface area contributed by atoms with E-state index in [1.807, 2.05) is 11.9 Å². The Labute approximate surface area is 122 Å². The molecule has 0 atom stereocenters. The second kappa shape index (κ2) is 6.48. The molecule has 1 fully saturated rings. The number of aromatic nitrogens is 1. The fraction of sp³-hybridized carbons (Fsp3) is 0.571. The molecule has 0 unspecified atom stereocenters. The molecule has 1 aromatic rings. The summed E-state index contributed by atoms with van der Waals surface area (Å²) in [5.41, 5.74) is 0.620. The van der Waals surface area contributed by atoms with Crippen molar-refractivity contribution in [3.63, 3.8) is 0 Å². The van der Waals surface area contributed by atoms with Crippen molar-refractivity contribution >= 4 is 21.8 Å². The van der Waals surface area contributed by atoms with Crippen LogP contribution in [0.2, 0.25) is 0 Å². The molecule has 0 bridgehead atoms. The topological polar surface area (TPSA) is 53.4 Å². The summed E-state index contributed by atoms with van der Waals surface area (Å²) in [5, 5.41) is 9.14. The average molecular weight is 327 g/mol. The van der Waals surface area contributed by atoms with E-state index in [0.717, 1.165) is 30.3 Å². The summed E-state index contributed by atoms with van der Waals surface area (Å²) in [5.74, 6) is 0.432. The molecule has 1 aromatic heterocycles. The minimum absolute atomic E-state index is 0.0208. The first kappa shape index (κ1) is 14.5. The van der Waals surface area contributed by atoms with E-state index >= 15 is 0 Å². The van der Waals surface area contributed by atoms with Gasteiger partial charge in [-0.3, -0.25) is 4.79 Å². The maximum Gasteiger partial charge on any atom is 0.255 e. The van der Waals surface area contributed by atoms with E-state index in [-0.39, 0.29) is 18.6 Å². The Morgan fingerprint density at radius 1 is 1.42 bits per heavy atom. The van der Waals surface area contributed by atoms with E-state index in [4.69, 9.17) is 5.11 Å². The number of aliphatic hydroxyl groups excluding tert-OH is 1. The Morgan fingerprint density at radius 3 is 2.63 bits per heavy atom. The van der Waals surface area contributed by atoms with Crippen molar-refractivity contribution in [3.05, 3.63) is 28.5 Å². The Morgan fingerprint density at radius 2 is 2.11 bits per heavy atom. The van der Waals surface area contributed by atoms with Gasteiger partial charge in [-0.15, -0.1) is 0 Å². The van der Waals surface area contributed by atoms with Gasteiger partial charge in [-0.2, -0.15) is 0 Å². The lowest BCUT2D eigenvalue weighted by Crippen LogP contribution is -2.39. The zero-order valence-electron chi connectivity index (χ0n) is 11.1. The minimum atomic E-state index is 0.0208. The van der Waals surface area contributed by atoms with Gasteiger partial charge in [0, 0.05) is 25.9 Å². The molecule has 104 valence electrons. The van der Waals surface area contributed by atoms with Crippen LogP contribution in [0, 0.1) is 5.92 Å². The maximum atomic E-state index is 12.3. The van der Waals surface area contributed by atoms with Gasteiger partial charge in [0.2, 0.25) is 0 Å². The van der Waals surface area contributed by atoms with Gasteiger partial charge in [0.25, 0.3) is 5.91 Å². The number of nitrogens with zero attached hydrogens (tertiary/aromatic N) is 2. The molecule has 5 heteroatoms. The standard InChI is InChI=1S/C14H19BrN2O2/c1-17(12-5-2-10(9-18)3-6-12)14(19)11-4-7-13(15)16-8-11/h4,7-8,10,12,18H,2-3,5-6,9H2,1H3. The van der Waals surface area contributed by atoms with Crippen LogP contribution in [0.4, 0.5) is 0 Å². The molecule has 0 aromatic carbocycles. The van der Waals surface area contributed by atoms with Crippen molar-refractivity contribution in [1.29, 1.82) is 0 Å². The molecule has 4 nitrogen and oxygen atoms in total. The maximum absolute atomic E-state index is 12.3. The van der Waals surface area contributed by atoms with Crippen LogP contribution in [-0.4, -0.2) is 40.6 Å². The summed E-state index contributed by atoms with van der Waals surface area (Å²) in [6.45, 7) is 0.265. The highest BCUT2D eigenvalue weighted by Crippen LogP contribution is 2.27. The molecule has 1 aliphatic rings. The van der Waals surface area contributed by atoms with Crippen LogP contribution >= 0.6 is 15.9 Å². The fourth-order valence-electron chi connectivity index (χ4n) is 2.59. The second-order valence-electron chi connectivity index (χ2n) is 5.14. The summed E-state index contributed by atoms with van der Waals surface area (Å²) >= 11 is 3.26. The van der Waals surface area contributed by atoms with Crippen LogP contribution < -0.4 is 0 Å². The van der Waals surface area contributed by atoms with Crippen LogP contribution in [0.5, 0.6) is 0 Å². The van der Waals surface area contributed by atoms with Gasteiger partial charge in [-0.05, 0) is 59.7 Å². The van der Waals surface area contributed by atoms with Gasteiger partial charge < -0.3 is 10.0 Å². The molecular formula is C14H19BrN2O2. The van der Waals surface area contributed by atoms with E-state index in [9.17, 15) is 4.79 Å². The molecule has 19 heavy (non-hydrogen) atoms. The predicted octanol–water partition coefficient (Wildman–Crippen LogP) is 2.47. The second-order valence-corrected chi connectivity index (χ2v) is 5.96. The number of aliphatic hydroxyl groups is 1.